The molecule has 0 bridgehead atoms. The van der Waals surface area contributed by atoms with Crippen molar-refractivity contribution in [3.8, 4) is 23.0 Å². The zero-order valence-electron chi connectivity index (χ0n) is 13.2. The van der Waals surface area contributed by atoms with Crippen LogP contribution in [0.25, 0.3) is 33.9 Å². The third-order valence-electron chi connectivity index (χ3n) is 3.77. The first-order valence-electron chi connectivity index (χ1n) is 7.75. The lowest BCUT2D eigenvalue weighted by molar-refractivity contribution is 0.571. The zero-order chi connectivity index (χ0) is 17.3. The van der Waals surface area contributed by atoms with Crippen LogP contribution >= 0.6 is 0 Å². The third kappa shape index (κ3) is 2.57. The van der Waals surface area contributed by atoms with Crippen LogP contribution in [-0.2, 0) is 0 Å². The Bertz CT molecular complexity index is 1180. The highest BCUT2D eigenvalue weighted by atomic mass is 16.4. The summed E-state index contributed by atoms with van der Waals surface area (Å²) in [6, 6.07) is 9.61. The van der Waals surface area contributed by atoms with Crippen LogP contribution in [0.3, 0.4) is 0 Å². The minimum Gasteiger partial charge on any atom is -0.443 e. The molecule has 5 aromatic rings. The Labute approximate surface area is 146 Å². The van der Waals surface area contributed by atoms with Gasteiger partial charge in [0.2, 0.25) is 11.8 Å². The first kappa shape index (κ1) is 14.3. The highest BCUT2D eigenvalue weighted by molar-refractivity contribution is 5.82. The number of aromatic nitrogens is 6. The number of rotatable bonds is 4. The van der Waals surface area contributed by atoms with E-state index in [9.17, 15) is 0 Å². The van der Waals surface area contributed by atoms with Gasteiger partial charge in [0.05, 0.1) is 17.9 Å². The molecule has 0 aliphatic rings. The molecule has 0 atom stereocenters. The van der Waals surface area contributed by atoms with Crippen molar-refractivity contribution < 1.29 is 8.83 Å². The lowest BCUT2D eigenvalue weighted by Crippen LogP contribution is -1.89. The maximum Gasteiger partial charge on any atom is 0.320 e. The van der Waals surface area contributed by atoms with E-state index in [-0.39, 0.29) is 6.01 Å². The maximum atomic E-state index is 5.70. The number of aromatic amines is 1. The first-order chi connectivity index (χ1) is 12.8. The number of hydrogen-bond acceptors (Lipinski definition) is 8. The Kier molecular flexibility index (Phi) is 3.21. The molecular weight excluding hydrogens is 334 g/mol. The molecule has 9 nitrogen and oxygen atoms in total. The van der Waals surface area contributed by atoms with Crippen molar-refractivity contribution in [2.45, 2.75) is 0 Å². The Hall–Kier alpha value is -4.01. The zero-order valence-corrected chi connectivity index (χ0v) is 13.2. The van der Waals surface area contributed by atoms with Gasteiger partial charge < -0.3 is 14.2 Å². The molecule has 0 amide bonds. The summed E-state index contributed by atoms with van der Waals surface area (Å²) < 4.78 is 11.0. The molecule has 4 heterocycles. The molecule has 1 aromatic carbocycles. The van der Waals surface area contributed by atoms with Crippen LogP contribution in [0.1, 0.15) is 0 Å². The topological polar surface area (TPSA) is 119 Å². The van der Waals surface area contributed by atoms with Crippen LogP contribution in [0, 0.1) is 0 Å². The van der Waals surface area contributed by atoms with E-state index >= 15 is 0 Å². The molecule has 26 heavy (non-hydrogen) atoms. The van der Waals surface area contributed by atoms with Gasteiger partial charge in [-0.1, -0.05) is 5.10 Å². The van der Waals surface area contributed by atoms with Crippen molar-refractivity contribution in [1.29, 1.82) is 0 Å². The second kappa shape index (κ2) is 5.81. The summed E-state index contributed by atoms with van der Waals surface area (Å²) in [5.74, 6) is 0.797. The molecule has 0 radical (unpaired) electrons. The standard InChI is InChI=1S/C17H11N7O2/c1-2-13-11(9-20-22-13)7-12(1)21-17-24-23-15(26-17)10-3-4-18-14(8-10)16-19-5-6-25-16/h1-9H,(H,20,22)(H,21,24). The number of H-pyrrole nitrogens is 1. The fourth-order valence-electron chi connectivity index (χ4n) is 2.56. The first-order valence-corrected chi connectivity index (χ1v) is 7.75. The number of nitrogens with one attached hydrogen (secondary N) is 2. The molecular formula is C17H11N7O2. The lowest BCUT2D eigenvalue weighted by Gasteiger charge is -2.01. The molecule has 0 unspecified atom stereocenters. The lowest BCUT2D eigenvalue weighted by atomic mass is 10.2. The summed E-state index contributed by atoms with van der Waals surface area (Å²) >= 11 is 0. The Morgan fingerprint density at radius 3 is 2.88 bits per heavy atom. The molecule has 0 spiro atoms. The van der Waals surface area contributed by atoms with Crippen molar-refractivity contribution in [3.63, 3.8) is 0 Å². The largest absolute Gasteiger partial charge is 0.443 e. The van der Waals surface area contributed by atoms with Crippen LogP contribution in [0.15, 0.2) is 64.0 Å². The van der Waals surface area contributed by atoms with Gasteiger partial charge in [-0.15, -0.1) is 5.10 Å². The summed E-state index contributed by atoms with van der Waals surface area (Å²) in [5, 5.41) is 19.1. The number of nitrogens with zero attached hydrogens (tertiary/aromatic N) is 5. The number of anilines is 2. The molecule has 0 fully saturated rings. The summed E-state index contributed by atoms with van der Waals surface area (Å²) in [6.07, 6.45) is 6.45. The molecule has 0 aliphatic heterocycles. The van der Waals surface area contributed by atoms with Gasteiger partial charge in [-0.25, -0.2) is 4.98 Å². The Morgan fingerprint density at radius 2 is 1.96 bits per heavy atom. The fourth-order valence-corrected chi connectivity index (χ4v) is 2.56. The van der Waals surface area contributed by atoms with Gasteiger partial charge in [0, 0.05) is 22.8 Å². The minimum atomic E-state index is 0.289. The van der Waals surface area contributed by atoms with Gasteiger partial charge in [-0.2, -0.15) is 5.10 Å². The van der Waals surface area contributed by atoms with Gasteiger partial charge in [0.15, 0.2) is 0 Å². The van der Waals surface area contributed by atoms with Crippen molar-refractivity contribution in [3.05, 3.63) is 55.2 Å². The predicted molar refractivity (Wildman–Crippen MR) is 92.4 cm³/mol. The summed E-state index contributed by atoms with van der Waals surface area (Å²) in [4.78, 5) is 8.32. The summed E-state index contributed by atoms with van der Waals surface area (Å²) in [6.45, 7) is 0. The molecule has 2 N–H and O–H groups in total. The molecule has 9 heteroatoms. The van der Waals surface area contributed by atoms with E-state index in [4.69, 9.17) is 8.83 Å². The van der Waals surface area contributed by atoms with E-state index in [1.807, 2.05) is 18.2 Å². The number of fused-ring (bicyclic) bond motifs is 1. The van der Waals surface area contributed by atoms with Crippen LogP contribution < -0.4 is 5.32 Å². The summed E-state index contributed by atoms with van der Waals surface area (Å²) in [7, 11) is 0. The van der Waals surface area contributed by atoms with Crippen molar-refractivity contribution in [2.24, 2.45) is 0 Å². The molecule has 126 valence electrons. The van der Waals surface area contributed by atoms with Crippen LogP contribution in [0.2, 0.25) is 0 Å². The predicted octanol–water partition coefficient (Wildman–Crippen LogP) is 3.41. The fraction of sp³-hybridized carbons (Fsp3) is 0. The van der Waals surface area contributed by atoms with E-state index in [2.05, 4.69) is 35.7 Å². The molecule has 0 saturated carbocycles. The number of hydrogen-bond donors (Lipinski definition) is 2. The van der Waals surface area contributed by atoms with E-state index in [0.717, 1.165) is 22.2 Å². The van der Waals surface area contributed by atoms with Gasteiger partial charge in [-0.3, -0.25) is 10.1 Å². The van der Waals surface area contributed by atoms with Gasteiger partial charge in [0.1, 0.15) is 12.0 Å². The van der Waals surface area contributed by atoms with Crippen molar-refractivity contribution in [1.82, 2.24) is 30.4 Å². The maximum absolute atomic E-state index is 5.70. The SMILES string of the molecule is c1cc(-c2nnc(Nc3ccc4[nH]ncc4c3)o2)cc(-c2ncco2)n1. The second-order valence-electron chi connectivity index (χ2n) is 5.48. The van der Waals surface area contributed by atoms with Crippen LogP contribution in [0.5, 0.6) is 0 Å². The number of benzene rings is 1. The monoisotopic (exact) mass is 345 g/mol. The van der Waals surface area contributed by atoms with Crippen LogP contribution in [-0.4, -0.2) is 30.4 Å². The van der Waals surface area contributed by atoms with Crippen molar-refractivity contribution >= 4 is 22.6 Å². The summed E-state index contributed by atoms with van der Waals surface area (Å²) in [5.41, 5.74) is 3.09. The second-order valence-corrected chi connectivity index (χ2v) is 5.48. The van der Waals surface area contributed by atoms with Crippen LogP contribution in [0.4, 0.5) is 11.7 Å². The van der Waals surface area contributed by atoms with Gasteiger partial charge in [0.25, 0.3) is 0 Å². The molecule has 5 rings (SSSR count). The van der Waals surface area contributed by atoms with E-state index in [1.54, 1.807) is 30.7 Å². The number of oxazole rings is 1. The van der Waals surface area contributed by atoms with Crippen molar-refractivity contribution in [2.75, 3.05) is 5.32 Å². The Balaban J connectivity index is 1.42. The van der Waals surface area contributed by atoms with Gasteiger partial charge >= 0.3 is 6.01 Å². The highest BCUT2D eigenvalue weighted by Crippen LogP contribution is 2.26. The molecule has 0 saturated heterocycles. The molecule has 0 aliphatic carbocycles. The van der Waals surface area contributed by atoms with Gasteiger partial charge in [-0.05, 0) is 30.3 Å². The quantitative estimate of drug-likeness (QED) is 0.508. The third-order valence-corrected chi connectivity index (χ3v) is 3.77. The highest BCUT2D eigenvalue weighted by Gasteiger charge is 2.12. The van der Waals surface area contributed by atoms with E-state index < -0.39 is 0 Å². The average molecular weight is 345 g/mol. The number of pyridine rings is 1. The van der Waals surface area contributed by atoms with E-state index in [0.29, 0.717) is 17.5 Å². The Morgan fingerprint density at radius 1 is 0.962 bits per heavy atom. The minimum absolute atomic E-state index is 0.289. The molecule has 4 aromatic heterocycles. The average Bonchev–Trinajstić information content (AvgIpc) is 3.43. The van der Waals surface area contributed by atoms with E-state index in [1.165, 1.54) is 6.26 Å². The smallest absolute Gasteiger partial charge is 0.320 e. The normalized spacial score (nSPS) is 11.1.